The average molecular weight is 474 g/mol. The van der Waals surface area contributed by atoms with E-state index in [1.165, 1.54) is 6.92 Å². The zero-order chi connectivity index (χ0) is 24.8. The number of aliphatic hydroxyl groups is 1. The molecule has 1 unspecified atom stereocenters. The number of rotatable bonds is 14. The summed E-state index contributed by atoms with van der Waals surface area (Å²) in [5.41, 5.74) is 0. The first-order valence-corrected chi connectivity index (χ1v) is 11.9. The maximum Gasteiger partial charge on any atom is 0.306 e. The van der Waals surface area contributed by atoms with Crippen LogP contribution < -0.4 is 5.32 Å². The third-order valence-corrected chi connectivity index (χ3v) is 5.18. The van der Waals surface area contributed by atoms with Crippen molar-refractivity contribution in [3.63, 3.8) is 0 Å². The van der Waals surface area contributed by atoms with Gasteiger partial charge >= 0.3 is 17.9 Å². The van der Waals surface area contributed by atoms with Crippen LogP contribution in [0.4, 0.5) is 0 Å². The third kappa shape index (κ3) is 10.5. The van der Waals surface area contributed by atoms with E-state index in [0.29, 0.717) is 19.3 Å². The van der Waals surface area contributed by atoms with E-state index in [0.717, 1.165) is 19.3 Å². The van der Waals surface area contributed by atoms with Gasteiger partial charge in [0.2, 0.25) is 5.91 Å². The summed E-state index contributed by atoms with van der Waals surface area (Å²) < 4.78 is 22.0. The Balaban J connectivity index is 3.13. The normalized spacial score (nSPS) is 24.6. The number of carbonyl (C=O) groups is 4. The minimum atomic E-state index is -1.57. The van der Waals surface area contributed by atoms with E-state index < -0.39 is 54.5 Å². The Hall–Kier alpha value is -2.20. The highest BCUT2D eigenvalue weighted by molar-refractivity contribution is 5.74. The fourth-order valence-electron chi connectivity index (χ4n) is 3.36. The van der Waals surface area contributed by atoms with Gasteiger partial charge in [-0.3, -0.25) is 19.2 Å². The van der Waals surface area contributed by atoms with E-state index in [2.05, 4.69) is 5.32 Å². The summed E-state index contributed by atoms with van der Waals surface area (Å²) in [6, 6.07) is -1.16. The van der Waals surface area contributed by atoms with Gasteiger partial charge in [-0.15, -0.1) is 0 Å². The first-order valence-electron chi connectivity index (χ1n) is 11.9. The summed E-state index contributed by atoms with van der Waals surface area (Å²) in [5, 5.41) is 13.1. The molecule has 1 aliphatic heterocycles. The fourth-order valence-corrected chi connectivity index (χ4v) is 3.36. The number of hydrogen-bond acceptors (Lipinski definition) is 9. The minimum Gasteiger partial charge on any atom is -0.463 e. The molecule has 1 heterocycles. The van der Waals surface area contributed by atoms with Crippen LogP contribution in [0.3, 0.4) is 0 Å². The molecule has 1 aliphatic rings. The van der Waals surface area contributed by atoms with Gasteiger partial charge in [0.15, 0.2) is 18.5 Å². The summed E-state index contributed by atoms with van der Waals surface area (Å²) in [4.78, 5) is 48.6. The van der Waals surface area contributed by atoms with E-state index >= 15 is 0 Å². The first-order chi connectivity index (χ1) is 15.7. The van der Waals surface area contributed by atoms with Crippen molar-refractivity contribution >= 4 is 23.8 Å². The van der Waals surface area contributed by atoms with Crippen LogP contribution in [0.2, 0.25) is 0 Å². The number of ether oxygens (including phenoxy) is 4. The van der Waals surface area contributed by atoms with E-state index in [4.69, 9.17) is 18.9 Å². The topological polar surface area (TPSA) is 137 Å². The van der Waals surface area contributed by atoms with Crippen LogP contribution >= 0.6 is 0 Å². The third-order valence-electron chi connectivity index (χ3n) is 5.18. The second-order valence-corrected chi connectivity index (χ2v) is 8.19. The molecule has 10 nitrogen and oxygen atoms in total. The molecule has 10 heteroatoms. The molecule has 0 aromatic heterocycles. The molecule has 0 spiro atoms. The average Bonchev–Trinajstić information content (AvgIpc) is 2.77. The van der Waals surface area contributed by atoms with Gasteiger partial charge < -0.3 is 29.4 Å². The number of amides is 1. The summed E-state index contributed by atoms with van der Waals surface area (Å²) in [6.45, 7) is 6.73. The molecule has 2 N–H and O–H groups in total. The molecule has 1 saturated heterocycles. The predicted octanol–water partition coefficient (Wildman–Crippen LogP) is 2.15. The van der Waals surface area contributed by atoms with Crippen LogP contribution in [0.15, 0.2) is 0 Å². The highest BCUT2D eigenvalue weighted by atomic mass is 16.7. The molecule has 1 rings (SSSR count). The van der Waals surface area contributed by atoms with Crippen molar-refractivity contribution in [3.8, 4) is 0 Å². The maximum atomic E-state index is 12.4. The lowest BCUT2D eigenvalue weighted by Crippen LogP contribution is -2.66. The van der Waals surface area contributed by atoms with Gasteiger partial charge in [0.1, 0.15) is 18.8 Å². The number of hydrogen-bond donors (Lipinski definition) is 2. The molecule has 5 atom stereocenters. The van der Waals surface area contributed by atoms with Crippen LogP contribution in [-0.2, 0) is 38.1 Å². The summed E-state index contributed by atoms with van der Waals surface area (Å²) in [6.07, 6.45) is -0.343. The maximum absolute atomic E-state index is 12.4. The van der Waals surface area contributed by atoms with Crippen LogP contribution in [0, 0.1) is 0 Å². The van der Waals surface area contributed by atoms with E-state index in [1.807, 2.05) is 20.8 Å². The molecule has 0 radical (unpaired) electrons. The summed E-state index contributed by atoms with van der Waals surface area (Å²) in [5.74, 6) is -2.04. The predicted molar refractivity (Wildman–Crippen MR) is 118 cm³/mol. The van der Waals surface area contributed by atoms with Crippen molar-refractivity contribution in [1.82, 2.24) is 5.32 Å². The molecular weight excluding hydrogens is 434 g/mol. The van der Waals surface area contributed by atoms with Crippen molar-refractivity contribution < 1.29 is 43.2 Å². The molecule has 1 amide bonds. The Morgan fingerprint density at radius 1 is 0.818 bits per heavy atom. The molecule has 33 heavy (non-hydrogen) atoms. The van der Waals surface area contributed by atoms with Gasteiger partial charge in [0, 0.05) is 26.2 Å². The fraction of sp³-hybridized carbons (Fsp3) is 0.826. The Morgan fingerprint density at radius 3 is 1.79 bits per heavy atom. The minimum absolute atomic E-state index is 0.129. The Labute approximate surface area is 195 Å². The van der Waals surface area contributed by atoms with Gasteiger partial charge in [0.05, 0.1) is 0 Å². The van der Waals surface area contributed by atoms with Crippen molar-refractivity contribution in [2.24, 2.45) is 0 Å². The summed E-state index contributed by atoms with van der Waals surface area (Å²) in [7, 11) is 0. The Kier molecular flexibility index (Phi) is 13.6. The quantitative estimate of drug-likeness (QED) is 0.287. The SMILES string of the molecule is CCCCC(=O)OC[C@H]1OC(O)[C@@H](NC(C)=O)[C@@H](OC(=O)CCCC)[C@@H]1OC(=O)CCCC. The lowest BCUT2D eigenvalue weighted by molar-refractivity contribution is -0.265. The lowest BCUT2D eigenvalue weighted by Gasteiger charge is -2.43. The van der Waals surface area contributed by atoms with Gasteiger partial charge in [-0.05, 0) is 19.3 Å². The van der Waals surface area contributed by atoms with Crippen molar-refractivity contribution in [3.05, 3.63) is 0 Å². The molecule has 190 valence electrons. The molecular formula is C23H39NO9. The second kappa shape index (κ2) is 15.6. The van der Waals surface area contributed by atoms with Gasteiger partial charge in [-0.1, -0.05) is 40.0 Å². The van der Waals surface area contributed by atoms with Crippen LogP contribution in [0.25, 0.3) is 0 Å². The van der Waals surface area contributed by atoms with Crippen LogP contribution in [0.5, 0.6) is 0 Å². The zero-order valence-corrected chi connectivity index (χ0v) is 20.2. The van der Waals surface area contributed by atoms with E-state index in [-0.39, 0.29) is 25.9 Å². The van der Waals surface area contributed by atoms with Gasteiger partial charge in [-0.2, -0.15) is 0 Å². The molecule has 0 aromatic carbocycles. The number of esters is 3. The first kappa shape index (κ1) is 28.8. The van der Waals surface area contributed by atoms with E-state index in [9.17, 15) is 24.3 Å². The largest absolute Gasteiger partial charge is 0.463 e. The zero-order valence-electron chi connectivity index (χ0n) is 20.2. The molecule has 0 aliphatic carbocycles. The van der Waals surface area contributed by atoms with Crippen molar-refractivity contribution in [2.45, 2.75) is 116 Å². The van der Waals surface area contributed by atoms with Crippen LogP contribution in [0.1, 0.15) is 85.5 Å². The number of aliphatic hydroxyl groups excluding tert-OH is 1. The number of nitrogens with one attached hydrogen (secondary N) is 1. The van der Waals surface area contributed by atoms with Crippen molar-refractivity contribution in [1.29, 1.82) is 0 Å². The van der Waals surface area contributed by atoms with E-state index in [1.54, 1.807) is 0 Å². The second-order valence-electron chi connectivity index (χ2n) is 8.19. The Bertz CT molecular complexity index is 639. The molecule has 0 aromatic rings. The van der Waals surface area contributed by atoms with Gasteiger partial charge in [0.25, 0.3) is 0 Å². The van der Waals surface area contributed by atoms with Crippen LogP contribution in [-0.4, -0.2) is 66.2 Å². The smallest absolute Gasteiger partial charge is 0.306 e. The van der Waals surface area contributed by atoms with Crippen molar-refractivity contribution in [2.75, 3.05) is 6.61 Å². The number of unbranched alkanes of at least 4 members (excludes halogenated alkanes) is 3. The monoisotopic (exact) mass is 473 g/mol. The number of carbonyl (C=O) groups excluding carboxylic acids is 4. The van der Waals surface area contributed by atoms with Gasteiger partial charge in [-0.25, -0.2) is 0 Å². The molecule has 1 fully saturated rings. The lowest BCUT2D eigenvalue weighted by atomic mass is 9.96. The highest BCUT2D eigenvalue weighted by Gasteiger charge is 2.50. The standard InChI is InChI=1S/C23H39NO9/c1-5-8-11-17(26)30-14-16-21(32-18(27)12-9-6-2)22(33-19(28)13-10-7-3)20(23(29)31-16)24-15(4)25/h16,20-23,29H,5-14H2,1-4H3,(H,24,25)/t16-,20+,21-,22-,23?/m1/s1. The molecule has 0 bridgehead atoms. The molecule has 0 saturated carbocycles. The Morgan fingerprint density at radius 2 is 1.30 bits per heavy atom. The summed E-state index contributed by atoms with van der Waals surface area (Å²) >= 11 is 0. The highest BCUT2D eigenvalue weighted by Crippen LogP contribution is 2.27.